The molecule has 0 N–H and O–H groups in total. The summed E-state index contributed by atoms with van der Waals surface area (Å²) in [6.45, 7) is 10.7. The van der Waals surface area contributed by atoms with E-state index < -0.39 is 0 Å². The molecule has 9 aromatic rings. The van der Waals surface area contributed by atoms with Crippen LogP contribution >= 0.6 is 0 Å². The Kier molecular flexibility index (Phi) is 11.4. The number of aromatic nitrogens is 4. The Morgan fingerprint density at radius 2 is 1.18 bits per heavy atom. The van der Waals surface area contributed by atoms with Gasteiger partial charge in [-0.2, -0.15) is 0 Å². The van der Waals surface area contributed by atoms with E-state index in [-0.39, 0.29) is 20.1 Å². The van der Waals surface area contributed by atoms with E-state index in [9.17, 15) is 0 Å². The largest absolute Gasteiger partial charge is 0.305 e. The Hall–Kier alpha value is -6.13. The summed E-state index contributed by atoms with van der Waals surface area (Å²) in [6.07, 6.45) is 7.52. The zero-order chi connectivity index (χ0) is 37.9. The molecular formula is C51H40IrN4-2. The van der Waals surface area contributed by atoms with Crippen LogP contribution < -0.4 is 0 Å². The molecule has 275 valence electrons. The van der Waals surface area contributed by atoms with Gasteiger partial charge >= 0.3 is 0 Å². The molecule has 0 spiro atoms. The first-order valence-corrected chi connectivity index (χ1v) is 18.5. The third-order valence-electron chi connectivity index (χ3n) is 10.2. The molecule has 4 nitrogen and oxygen atoms in total. The molecule has 0 amide bonds. The molecule has 0 saturated carbocycles. The van der Waals surface area contributed by atoms with Crippen molar-refractivity contribution >= 4 is 21.7 Å². The van der Waals surface area contributed by atoms with Gasteiger partial charge in [-0.1, -0.05) is 66.6 Å². The van der Waals surface area contributed by atoms with Crippen molar-refractivity contribution in [1.82, 2.24) is 19.9 Å². The number of rotatable bonds is 5. The third-order valence-corrected chi connectivity index (χ3v) is 10.2. The molecule has 5 aromatic carbocycles. The SMILES string of the molecule is Cc1ccnc(-c2[c-]cc(C)c(-c3cc(-c4cc5ncccc5c5ccccc45)cc(-c4cc(C)ncc4C)c3C)c2)c1.[Ir].[c-]1ccccc1-c1ccccn1. The second kappa shape index (κ2) is 16.7. The summed E-state index contributed by atoms with van der Waals surface area (Å²) in [6, 6.07) is 50.8. The zero-order valence-corrected chi connectivity index (χ0v) is 34.5. The van der Waals surface area contributed by atoms with E-state index in [1.165, 1.54) is 60.7 Å². The molecule has 0 aliphatic carbocycles. The van der Waals surface area contributed by atoms with E-state index >= 15 is 0 Å². The van der Waals surface area contributed by atoms with E-state index in [1.807, 2.05) is 73.2 Å². The van der Waals surface area contributed by atoms with E-state index in [0.29, 0.717) is 0 Å². The number of hydrogen-bond donors (Lipinski definition) is 0. The number of aryl methyl sites for hydroxylation is 4. The van der Waals surface area contributed by atoms with Crippen LogP contribution in [0.15, 0.2) is 152 Å². The molecule has 0 aliphatic rings. The summed E-state index contributed by atoms with van der Waals surface area (Å²) in [5.74, 6) is 0. The molecule has 0 aliphatic heterocycles. The first-order chi connectivity index (χ1) is 26.8. The number of benzene rings is 5. The van der Waals surface area contributed by atoms with E-state index in [2.05, 4.69) is 134 Å². The van der Waals surface area contributed by atoms with Gasteiger partial charge in [0.25, 0.3) is 0 Å². The van der Waals surface area contributed by atoms with Crippen molar-refractivity contribution in [2.75, 3.05) is 0 Å². The van der Waals surface area contributed by atoms with Gasteiger partial charge in [-0.15, -0.1) is 65.2 Å². The van der Waals surface area contributed by atoms with E-state index in [4.69, 9.17) is 4.98 Å². The molecule has 0 saturated heterocycles. The zero-order valence-electron chi connectivity index (χ0n) is 32.1. The maximum Gasteiger partial charge on any atom is 0.0714 e. The van der Waals surface area contributed by atoms with Crippen LogP contribution in [-0.4, -0.2) is 19.9 Å². The summed E-state index contributed by atoms with van der Waals surface area (Å²) in [7, 11) is 0. The molecule has 4 heterocycles. The van der Waals surface area contributed by atoms with E-state index in [0.717, 1.165) is 44.9 Å². The first kappa shape index (κ1) is 38.2. The Balaban J connectivity index is 0.000000315. The van der Waals surface area contributed by atoms with Gasteiger partial charge in [0.1, 0.15) is 0 Å². The Morgan fingerprint density at radius 1 is 0.464 bits per heavy atom. The van der Waals surface area contributed by atoms with Crippen LogP contribution in [0.2, 0.25) is 0 Å². The molecule has 9 rings (SSSR count). The van der Waals surface area contributed by atoms with Crippen LogP contribution in [0.5, 0.6) is 0 Å². The van der Waals surface area contributed by atoms with Gasteiger partial charge in [0, 0.05) is 56.0 Å². The quantitative estimate of drug-likeness (QED) is 0.128. The monoisotopic (exact) mass is 901 g/mol. The number of fused-ring (bicyclic) bond motifs is 3. The molecule has 0 atom stereocenters. The fraction of sp³-hybridized carbons (Fsp3) is 0.0980. The van der Waals surface area contributed by atoms with Crippen LogP contribution in [0.4, 0.5) is 0 Å². The second-order valence-electron chi connectivity index (χ2n) is 14.0. The van der Waals surface area contributed by atoms with Crippen molar-refractivity contribution in [2.24, 2.45) is 0 Å². The molecule has 0 unspecified atom stereocenters. The number of pyridine rings is 4. The molecule has 0 bridgehead atoms. The average molecular weight is 901 g/mol. The molecule has 1 radical (unpaired) electrons. The van der Waals surface area contributed by atoms with Crippen LogP contribution in [0, 0.1) is 46.8 Å². The summed E-state index contributed by atoms with van der Waals surface area (Å²) in [5.41, 5.74) is 17.8. The van der Waals surface area contributed by atoms with Gasteiger partial charge in [0.05, 0.1) is 5.52 Å². The minimum atomic E-state index is 0. The van der Waals surface area contributed by atoms with Gasteiger partial charge < -0.3 is 9.97 Å². The van der Waals surface area contributed by atoms with Crippen molar-refractivity contribution in [2.45, 2.75) is 34.6 Å². The smallest absolute Gasteiger partial charge is 0.0714 e. The topological polar surface area (TPSA) is 51.6 Å². The van der Waals surface area contributed by atoms with Gasteiger partial charge in [0.2, 0.25) is 0 Å². The maximum absolute atomic E-state index is 4.77. The minimum absolute atomic E-state index is 0. The van der Waals surface area contributed by atoms with Crippen molar-refractivity contribution < 1.29 is 20.1 Å². The normalized spacial score (nSPS) is 10.8. The summed E-state index contributed by atoms with van der Waals surface area (Å²) in [4.78, 5) is 18.2. The van der Waals surface area contributed by atoms with Gasteiger partial charge in [-0.3, -0.25) is 9.97 Å². The van der Waals surface area contributed by atoms with Crippen molar-refractivity contribution in [3.63, 3.8) is 0 Å². The van der Waals surface area contributed by atoms with Crippen LogP contribution in [0.3, 0.4) is 0 Å². The molecule has 56 heavy (non-hydrogen) atoms. The first-order valence-electron chi connectivity index (χ1n) is 18.5. The van der Waals surface area contributed by atoms with Crippen LogP contribution in [-0.2, 0) is 20.1 Å². The van der Waals surface area contributed by atoms with Gasteiger partial charge in [-0.05, 0) is 131 Å². The molecule has 0 fully saturated rings. The minimum Gasteiger partial charge on any atom is -0.305 e. The second-order valence-corrected chi connectivity index (χ2v) is 14.0. The Bertz CT molecular complexity index is 2780. The Morgan fingerprint density at radius 3 is 1.93 bits per heavy atom. The maximum atomic E-state index is 4.77. The fourth-order valence-corrected chi connectivity index (χ4v) is 7.27. The molecule has 4 aromatic heterocycles. The van der Waals surface area contributed by atoms with Crippen molar-refractivity contribution in [3.8, 4) is 55.9 Å². The predicted octanol–water partition coefficient (Wildman–Crippen LogP) is 12.7. The molecule has 5 heteroatoms. The average Bonchev–Trinajstić information content (AvgIpc) is 3.23. The Labute approximate surface area is 342 Å². The summed E-state index contributed by atoms with van der Waals surface area (Å²) < 4.78 is 0. The summed E-state index contributed by atoms with van der Waals surface area (Å²) in [5, 5.41) is 3.59. The van der Waals surface area contributed by atoms with Gasteiger partial charge in [-0.25, -0.2) is 0 Å². The summed E-state index contributed by atoms with van der Waals surface area (Å²) >= 11 is 0. The standard InChI is InChI=1S/C40H32N3.C11H8N.Ir/c1-24-14-16-42-39(17-24)29-13-12-25(2)35(19-29)37-21-30(20-36(28(37)5)34-18-27(4)43-23-26(34)3)38-22-40-33(11-8-15-41-40)31-9-6-7-10-32(31)38;1-2-6-10(7-3-1)11-8-4-5-9-12-11;/h6-12,14-23H,1-5H3;1-6,8-9H;/q2*-1;. The van der Waals surface area contributed by atoms with Gasteiger partial charge in [0.15, 0.2) is 0 Å². The van der Waals surface area contributed by atoms with Crippen molar-refractivity contribution in [3.05, 3.63) is 192 Å². The third kappa shape index (κ3) is 7.83. The number of nitrogens with zero attached hydrogens (tertiary/aromatic N) is 4. The predicted molar refractivity (Wildman–Crippen MR) is 228 cm³/mol. The fourth-order valence-electron chi connectivity index (χ4n) is 7.27. The van der Waals surface area contributed by atoms with Crippen molar-refractivity contribution in [1.29, 1.82) is 0 Å². The van der Waals surface area contributed by atoms with Crippen LogP contribution in [0.1, 0.15) is 27.9 Å². The number of hydrogen-bond acceptors (Lipinski definition) is 4. The van der Waals surface area contributed by atoms with E-state index in [1.54, 1.807) is 6.20 Å². The van der Waals surface area contributed by atoms with Crippen LogP contribution in [0.25, 0.3) is 77.6 Å². The molecular weight excluding hydrogens is 861 g/mol.